The van der Waals surface area contributed by atoms with E-state index in [9.17, 15) is 13.2 Å². The lowest BCUT2D eigenvalue weighted by Crippen LogP contribution is -2.27. The van der Waals surface area contributed by atoms with Crippen LogP contribution in [0.3, 0.4) is 0 Å². The van der Waals surface area contributed by atoms with Gasteiger partial charge in [0.25, 0.3) is 0 Å². The molecule has 0 spiro atoms. The van der Waals surface area contributed by atoms with Crippen molar-refractivity contribution < 1.29 is 13.2 Å². The van der Waals surface area contributed by atoms with Gasteiger partial charge in [0.15, 0.2) is 0 Å². The van der Waals surface area contributed by atoms with E-state index in [1.807, 2.05) is 20.8 Å². The molecule has 1 aromatic carbocycles. The Hall–Kier alpha value is -2.02. The molecule has 0 atom stereocenters. The van der Waals surface area contributed by atoms with Crippen LogP contribution in [0.1, 0.15) is 50.8 Å². The molecule has 2 N–H and O–H groups in total. The molecule has 1 aliphatic carbocycles. The first-order chi connectivity index (χ1) is 12.0. The lowest BCUT2D eigenvalue weighted by molar-refractivity contribution is -0.136. The van der Waals surface area contributed by atoms with Crippen LogP contribution in [0.4, 0.5) is 30.6 Å². The van der Waals surface area contributed by atoms with E-state index in [2.05, 4.69) is 20.6 Å². The van der Waals surface area contributed by atoms with Crippen LogP contribution < -0.4 is 10.6 Å². The Bertz CT molecular complexity index is 811. The van der Waals surface area contributed by atoms with Gasteiger partial charge < -0.3 is 10.6 Å². The number of hydrogen-bond acceptors (Lipinski definition) is 4. The van der Waals surface area contributed by atoms with Crippen LogP contribution in [0.25, 0.3) is 0 Å². The molecule has 8 heteroatoms. The highest BCUT2D eigenvalue weighted by Gasteiger charge is 2.35. The zero-order valence-corrected chi connectivity index (χ0v) is 15.5. The van der Waals surface area contributed by atoms with E-state index in [1.54, 1.807) is 6.07 Å². The molecule has 0 radical (unpaired) electrons. The number of aromatic nitrogens is 2. The molecule has 1 aliphatic rings. The lowest BCUT2D eigenvalue weighted by atomic mass is 10.1. The van der Waals surface area contributed by atoms with Gasteiger partial charge in [-0.05, 0) is 45.7 Å². The largest absolute Gasteiger partial charge is 0.418 e. The van der Waals surface area contributed by atoms with Crippen LogP contribution in [0.15, 0.2) is 24.3 Å². The Morgan fingerprint density at radius 1 is 1.12 bits per heavy atom. The SMILES string of the molecule is CC(C)(C)Nc1nc(Nc2c(Cl)cccc2C(F)(F)F)cc(C2CC2)n1. The molecular formula is C18H20ClF3N4. The second kappa shape index (κ2) is 6.61. The third-order valence-electron chi connectivity index (χ3n) is 3.80. The molecule has 1 heterocycles. The van der Waals surface area contributed by atoms with Gasteiger partial charge in [0.1, 0.15) is 5.82 Å². The fourth-order valence-corrected chi connectivity index (χ4v) is 2.75. The first-order valence-corrected chi connectivity index (χ1v) is 8.70. The summed E-state index contributed by atoms with van der Waals surface area (Å²) in [6.07, 6.45) is -2.48. The standard InChI is InChI=1S/C18H20ClF3N4/c1-17(2,3)26-16-23-13(10-7-8-10)9-14(25-16)24-15-11(18(20,21)22)5-4-6-12(15)19/h4-6,9-10H,7-8H2,1-3H3,(H2,23,24,25,26). The number of anilines is 3. The van der Waals surface area contributed by atoms with Crippen molar-refractivity contribution in [1.82, 2.24) is 9.97 Å². The third kappa shape index (κ3) is 4.58. The Balaban J connectivity index is 2.00. The number of benzene rings is 1. The minimum atomic E-state index is -4.52. The van der Waals surface area contributed by atoms with Crippen LogP contribution in [-0.2, 0) is 6.18 Å². The van der Waals surface area contributed by atoms with E-state index in [1.165, 1.54) is 12.1 Å². The molecule has 3 rings (SSSR count). The van der Waals surface area contributed by atoms with Gasteiger partial charge in [0.2, 0.25) is 5.95 Å². The second-order valence-corrected chi connectivity index (χ2v) is 7.84. The Morgan fingerprint density at radius 3 is 2.38 bits per heavy atom. The van der Waals surface area contributed by atoms with Crippen molar-refractivity contribution in [2.24, 2.45) is 0 Å². The minimum Gasteiger partial charge on any atom is -0.350 e. The fraction of sp³-hybridized carbons (Fsp3) is 0.444. The molecule has 2 aromatic rings. The second-order valence-electron chi connectivity index (χ2n) is 7.44. The van der Waals surface area contributed by atoms with Gasteiger partial charge in [-0.25, -0.2) is 4.98 Å². The maximum Gasteiger partial charge on any atom is 0.418 e. The summed E-state index contributed by atoms with van der Waals surface area (Å²) < 4.78 is 39.9. The van der Waals surface area contributed by atoms with Gasteiger partial charge in [-0.3, -0.25) is 0 Å². The van der Waals surface area contributed by atoms with Crippen LogP contribution in [0.2, 0.25) is 5.02 Å². The van der Waals surface area contributed by atoms with Gasteiger partial charge in [0, 0.05) is 17.5 Å². The van der Waals surface area contributed by atoms with Crippen molar-refractivity contribution in [3.05, 3.63) is 40.5 Å². The molecule has 4 nitrogen and oxygen atoms in total. The number of nitrogens with one attached hydrogen (secondary N) is 2. The number of para-hydroxylation sites is 1. The van der Waals surface area contributed by atoms with Crippen LogP contribution >= 0.6 is 11.6 Å². The molecule has 1 aromatic heterocycles. The summed E-state index contributed by atoms with van der Waals surface area (Å²) in [5.41, 5.74) is -0.498. The lowest BCUT2D eigenvalue weighted by Gasteiger charge is -2.22. The highest BCUT2D eigenvalue weighted by atomic mass is 35.5. The zero-order valence-electron chi connectivity index (χ0n) is 14.7. The van der Waals surface area contributed by atoms with E-state index in [0.717, 1.165) is 24.6 Å². The molecule has 0 bridgehead atoms. The summed E-state index contributed by atoms with van der Waals surface area (Å²) in [7, 11) is 0. The van der Waals surface area contributed by atoms with E-state index >= 15 is 0 Å². The van der Waals surface area contributed by atoms with Crippen LogP contribution in [0, 0.1) is 0 Å². The normalized spacial score (nSPS) is 15.0. The zero-order chi connectivity index (χ0) is 19.1. The van der Waals surface area contributed by atoms with Gasteiger partial charge in [-0.2, -0.15) is 18.2 Å². The summed E-state index contributed by atoms with van der Waals surface area (Å²) in [4.78, 5) is 8.83. The van der Waals surface area contributed by atoms with Crippen molar-refractivity contribution in [2.75, 3.05) is 10.6 Å². The fourth-order valence-electron chi connectivity index (χ4n) is 2.53. The average Bonchev–Trinajstić information content (AvgIpc) is 3.30. The number of halogens is 4. The number of alkyl halides is 3. The van der Waals surface area contributed by atoms with Crippen molar-refractivity contribution in [3.8, 4) is 0 Å². The van der Waals surface area contributed by atoms with E-state index in [0.29, 0.717) is 11.9 Å². The molecule has 1 fully saturated rings. The summed E-state index contributed by atoms with van der Waals surface area (Å²) in [5.74, 6) is 0.990. The molecular weight excluding hydrogens is 365 g/mol. The van der Waals surface area contributed by atoms with E-state index in [-0.39, 0.29) is 22.1 Å². The molecule has 0 aliphatic heterocycles. The van der Waals surface area contributed by atoms with Crippen molar-refractivity contribution in [2.45, 2.75) is 51.2 Å². The monoisotopic (exact) mass is 384 g/mol. The predicted octanol–water partition coefficient (Wildman–Crippen LogP) is 5.98. The van der Waals surface area contributed by atoms with E-state index in [4.69, 9.17) is 11.6 Å². The smallest absolute Gasteiger partial charge is 0.350 e. The summed E-state index contributed by atoms with van der Waals surface area (Å²) in [6.45, 7) is 5.88. The summed E-state index contributed by atoms with van der Waals surface area (Å²) in [6, 6.07) is 5.37. The molecule has 0 unspecified atom stereocenters. The molecule has 26 heavy (non-hydrogen) atoms. The Morgan fingerprint density at radius 2 is 1.81 bits per heavy atom. The predicted molar refractivity (Wildman–Crippen MR) is 97.1 cm³/mol. The summed E-state index contributed by atoms with van der Waals surface area (Å²) in [5, 5.41) is 5.91. The van der Waals surface area contributed by atoms with Crippen molar-refractivity contribution >= 4 is 29.1 Å². The number of hydrogen-bond donors (Lipinski definition) is 2. The average molecular weight is 385 g/mol. The maximum atomic E-state index is 13.3. The third-order valence-corrected chi connectivity index (χ3v) is 4.12. The molecule has 0 amide bonds. The Kier molecular flexibility index (Phi) is 4.77. The van der Waals surface area contributed by atoms with Gasteiger partial charge in [-0.1, -0.05) is 17.7 Å². The van der Waals surface area contributed by atoms with Crippen molar-refractivity contribution in [1.29, 1.82) is 0 Å². The first kappa shape index (κ1) is 18.8. The highest BCUT2D eigenvalue weighted by Crippen LogP contribution is 2.42. The Labute approximate surface area is 155 Å². The summed E-state index contributed by atoms with van der Waals surface area (Å²) >= 11 is 6.02. The van der Waals surface area contributed by atoms with Crippen molar-refractivity contribution in [3.63, 3.8) is 0 Å². The molecule has 140 valence electrons. The van der Waals surface area contributed by atoms with Crippen LogP contribution in [0.5, 0.6) is 0 Å². The first-order valence-electron chi connectivity index (χ1n) is 8.33. The maximum absolute atomic E-state index is 13.3. The topological polar surface area (TPSA) is 49.8 Å². The molecule has 1 saturated carbocycles. The minimum absolute atomic E-state index is 0.0169. The quantitative estimate of drug-likeness (QED) is 0.680. The van der Waals surface area contributed by atoms with E-state index < -0.39 is 11.7 Å². The van der Waals surface area contributed by atoms with Crippen LogP contribution in [-0.4, -0.2) is 15.5 Å². The molecule has 0 saturated heterocycles. The van der Waals surface area contributed by atoms with Gasteiger partial charge >= 0.3 is 6.18 Å². The highest BCUT2D eigenvalue weighted by molar-refractivity contribution is 6.33. The van der Waals surface area contributed by atoms with Gasteiger partial charge in [-0.15, -0.1) is 0 Å². The number of nitrogens with zero attached hydrogens (tertiary/aromatic N) is 2. The van der Waals surface area contributed by atoms with Gasteiger partial charge in [0.05, 0.1) is 22.0 Å². The number of rotatable bonds is 4.